The van der Waals surface area contributed by atoms with E-state index in [1.165, 1.54) is 7.11 Å². The van der Waals surface area contributed by atoms with Crippen LogP contribution in [0.1, 0.15) is 42.5 Å². The Labute approximate surface area is 158 Å². The number of anilines is 1. The number of hydrogen-bond acceptors (Lipinski definition) is 4. The molecule has 2 heterocycles. The van der Waals surface area contributed by atoms with E-state index in [2.05, 4.69) is 5.32 Å². The predicted octanol–water partition coefficient (Wildman–Crippen LogP) is 2.08. The third-order valence-corrected chi connectivity index (χ3v) is 5.15. The van der Waals surface area contributed by atoms with Gasteiger partial charge in [-0.15, -0.1) is 0 Å². The third kappa shape index (κ3) is 4.15. The van der Waals surface area contributed by atoms with Crippen LogP contribution < -0.4 is 15.0 Å². The molecule has 1 aromatic rings. The number of ether oxygens (including phenoxy) is 1. The van der Waals surface area contributed by atoms with Gasteiger partial charge in [-0.3, -0.25) is 14.5 Å². The van der Waals surface area contributed by atoms with Gasteiger partial charge in [0.2, 0.25) is 0 Å². The highest BCUT2D eigenvalue weighted by molar-refractivity contribution is 6.00. The van der Waals surface area contributed by atoms with E-state index in [9.17, 15) is 14.4 Å². The molecular weight excluding hydrogens is 350 g/mol. The van der Waals surface area contributed by atoms with Crippen molar-refractivity contribution in [2.24, 2.45) is 0 Å². The van der Waals surface area contributed by atoms with Crippen molar-refractivity contribution in [2.45, 2.75) is 38.1 Å². The van der Waals surface area contributed by atoms with E-state index in [0.29, 0.717) is 43.1 Å². The number of amides is 3. The number of nitrogens with zero attached hydrogens (tertiary/aromatic N) is 2. The second-order valence-corrected chi connectivity index (χ2v) is 6.85. The number of rotatable bonds is 6. The SMILES string of the molecule is COc1ccc(C(=O)N2CCCCC2CCC(=O)O)cc1N1CCNC1=O. The largest absolute Gasteiger partial charge is 0.495 e. The number of piperidine rings is 1. The molecule has 146 valence electrons. The normalized spacial score (nSPS) is 19.7. The van der Waals surface area contributed by atoms with Gasteiger partial charge in [-0.1, -0.05) is 0 Å². The summed E-state index contributed by atoms with van der Waals surface area (Å²) in [6.07, 6.45) is 3.23. The summed E-state index contributed by atoms with van der Waals surface area (Å²) in [6, 6.07) is 4.80. The van der Waals surface area contributed by atoms with Crippen LogP contribution in [-0.2, 0) is 4.79 Å². The summed E-state index contributed by atoms with van der Waals surface area (Å²) in [5.74, 6) is -0.446. The molecule has 27 heavy (non-hydrogen) atoms. The molecule has 2 aliphatic heterocycles. The topological polar surface area (TPSA) is 99.2 Å². The molecule has 0 spiro atoms. The molecule has 1 aromatic carbocycles. The molecule has 0 bridgehead atoms. The summed E-state index contributed by atoms with van der Waals surface area (Å²) >= 11 is 0. The zero-order chi connectivity index (χ0) is 19.4. The first-order valence-corrected chi connectivity index (χ1v) is 9.27. The zero-order valence-electron chi connectivity index (χ0n) is 15.4. The summed E-state index contributed by atoms with van der Waals surface area (Å²) in [5, 5.41) is 11.7. The van der Waals surface area contributed by atoms with Crippen LogP contribution in [0.4, 0.5) is 10.5 Å². The first kappa shape index (κ1) is 19.0. The van der Waals surface area contributed by atoms with Gasteiger partial charge in [-0.25, -0.2) is 4.79 Å². The number of urea groups is 1. The number of carboxylic acids is 1. The number of nitrogens with one attached hydrogen (secondary N) is 1. The molecule has 2 fully saturated rings. The van der Waals surface area contributed by atoms with Gasteiger partial charge in [0.05, 0.1) is 12.8 Å². The maximum atomic E-state index is 13.1. The Kier molecular flexibility index (Phi) is 5.83. The van der Waals surface area contributed by atoms with Crippen molar-refractivity contribution in [1.29, 1.82) is 0 Å². The van der Waals surface area contributed by atoms with Crippen molar-refractivity contribution < 1.29 is 24.2 Å². The highest BCUT2D eigenvalue weighted by Crippen LogP contribution is 2.32. The van der Waals surface area contributed by atoms with E-state index in [-0.39, 0.29) is 24.4 Å². The van der Waals surface area contributed by atoms with Crippen LogP contribution in [0.2, 0.25) is 0 Å². The molecule has 1 unspecified atom stereocenters. The van der Waals surface area contributed by atoms with Gasteiger partial charge in [0.1, 0.15) is 5.75 Å². The predicted molar refractivity (Wildman–Crippen MR) is 99.3 cm³/mol. The van der Waals surface area contributed by atoms with Gasteiger partial charge in [0.15, 0.2) is 0 Å². The fourth-order valence-electron chi connectivity index (χ4n) is 3.76. The van der Waals surface area contributed by atoms with E-state index >= 15 is 0 Å². The van der Waals surface area contributed by atoms with Crippen LogP contribution in [0.3, 0.4) is 0 Å². The monoisotopic (exact) mass is 375 g/mol. The van der Waals surface area contributed by atoms with Crippen LogP contribution in [0.15, 0.2) is 18.2 Å². The van der Waals surface area contributed by atoms with Crippen molar-refractivity contribution in [3.63, 3.8) is 0 Å². The highest BCUT2D eigenvalue weighted by Gasteiger charge is 2.30. The lowest BCUT2D eigenvalue weighted by atomic mass is 9.96. The maximum absolute atomic E-state index is 13.1. The lowest BCUT2D eigenvalue weighted by Crippen LogP contribution is -2.44. The smallest absolute Gasteiger partial charge is 0.322 e. The standard InChI is InChI=1S/C19H25N3O5/c1-27-16-7-5-13(12-15(16)22-11-9-20-19(22)26)18(25)21-10-3-2-4-14(21)6-8-17(23)24/h5,7,12,14H,2-4,6,8-11H2,1H3,(H,20,26)(H,23,24). The van der Waals surface area contributed by atoms with Gasteiger partial charge >= 0.3 is 12.0 Å². The number of methoxy groups -OCH3 is 1. The number of hydrogen-bond donors (Lipinski definition) is 2. The fourth-order valence-corrected chi connectivity index (χ4v) is 3.76. The number of aliphatic carboxylic acids is 1. The summed E-state index contributed by atoms with van der Waals surface area (Å²) in [7, 11) is 1.53. The molecular formula is C19H25N3O5. The fraction of sp³-hybridized carbons (Fsp3) is 0.526. The Morgan fingerprint density at radius 3 is 2.78 bits per heavy atom. The van der Waals surface area contributed by atoms with E-state index in [4.69, 9.17) is 9.84 Å². The first-order chi connectivity index (χ1) is 13.0. The van der Waals surface area contributed by atoms with Crippen LogP contribution in [0, 0.1) is 0 Å². The Hall–Kier alpha value is -2.77. The Morgan fingerprint density at radius 1 is 1.30 bits per heavy atom. The molecule has 2 aliphatic rings. The molecule has 3 rings (SSSR count). The number of likely N-dealkylation sites (tertiary alicyclic amines) is 1. The van der Waals surface area contributed by atoms with Crippen molar-refractivity contribution in [3.05, 3.63) is 23.8 Å². The lowest BCUT2D eigenvalue weighted by Gasteiger charge is -2.36. The van der Waals surface area contributed by atoms with Crippen LogP contribution >= 0.6 is 0 Å². The van der Waals surface area contributed by atoms with Crippen molar-refractivity contribution >= 4 is 23.6 Å². The number of carbonyl (C=O) groups is 3. The molecule has 8 nitrogen and oxygen atoms in total. The minimum atomic E-state index is -0.847. The molecule has 2 saturated heterocycles. The average Bonchev–Trinajstić information content (AvgIpc) is 3.11. The molecule has 0 saturated carbocycles. The summed E-state index contributed by atoms with van der Waals surface area (Å²) in [4.78, 5) is 39.4. The molecule has 0 aliphatic carbocycles. The van der Waals surface area contributed by atoms with Crippen LogP contribution in [-0.4, -0.2) is 60.7 Å². The quantitative estimate of drug-likeness (QED) is 0.793. The summed E-state index contributed by atoms with van der Waals surface area (Å²) < 4.78 is 5.36. The van der Waals surface area contributed by atoms with Gasteiger partial charge in [-0.2, -0.15) is 0 Å². The summed E-state index contributed by atoms with van der Waals surface area (Å²) in [6.45, 7) is 1.68. The van der Waals surface area contributed by atoms with Crippen molar-refractivity contribution in [3.8, 4) is 5.75 Å². The van der Waals surface area contributed by atoms with E-state index < -0.39 is 5.97 Å². The molecule has 0 aromatic heterocycles. The molecule has 1 atom stereocenters. The molecule has 3 amide bonds. The van der Waals surface area contributed by atoms with Gasteiger partial charge < -0.3 is 20.1 Å². The summed E-state index contributed by atoms with van der Waals surface area (Å²) in [5.41, 5.74) is 1.05. The number of carbonyl (C=O) groups excluding carboxylic acids is 2. The molecule has 2 N–H and O–H groups in total. The Bertz CT molecular complexity index is 736. The van der Waals surface area contributed by atoms with Gasteiger partial charge in [0, 0.05) is 37.7 Å². The van der Waals surface area contributed by atoms with Crippen molar-refractivity contribution in [1.82, 2.24) is 10.2 Å². The van der Waals surface area contributed by atoms with E-state index in [1.54, 1.807) is 28.0 Å². The number of carboxylic acid groups (broad SMARTS) is 1. The minimum Gasteiger partial charge on any atom is -0.495 e. The zero-order valence-corrected chi connectivity index (χ0v) is 15.4. The third-order valence-electron chi connectivity index (χ3n) is 5.15. The van der Waals surface area contributed by atoms with Crippen molar-refractivity contribution in [2.75, 3.05) is 31.6 Å². The van der Waals surface area contributed by atoms with E-state index in [0.717, 1.165) is 19.3 Å². The van der Waals surface area contributed by atoms with Gasteiger partial charge in [0.25, 0.3) is 5.91 Å². The highest BCUT2D eigenvalue weighted by atomic mass is 16.5. The second-order valence-electron chi connectivity index (χ2n) is 6.85. The lowest BCUT2D eigenvalue weighted by molar-refractivity contribution is -0.137. The van der Waals surface area contributed by atoms with Gasteiger partial charge in [-0.05, 0) is 43.9 Å². The van der Waals surface area contributed by atoms with E-state index in [1.807, 2.05) is 0 Å². The number of benzene rings is 1. The Morgan fingerprint density at radius 2 is 2.11 bits per heavy atom. The second kappa shape index (κ2) is 8.28. The van der Waals surface area contributed by atoms with Crippen LogP contribution in [0.25, 0.3) is 0 Å². The molecule has 8 heteroatoms. The Balaban J connectivity index is 1.84. The molecule has 0 radical (unpaired) electrons. The maximum Gasteiger partial charge on any atom is 0.322 e. The van der Waals surface area contributed by atoms with Crippen LogP contribution in [0.5, 0.6) is 5.75 Å². The average molecular weight is 375 g/mol. The first-order valence-electron chi connectivity index (χ1n) is 9.27. The minimum absolute atomic E-state index is 0.0518.